The molecule has 0 amide bonds. The summed E-state index contributed by atoms with van der Waals surface area (Å²) in [5.74, 6) is 1.21. The molecule has 0 saturated heterocycles. The number of aromatic hydroxyl groups is 1. The number of benzene rings is 1. The van der Waals surface area contributed by atoms with Gasteiger partial charge in [-0.2, -0.15) is 5.10 Å². The van der Waals surface area contributed by atoms with Crippen LogP contribution in [0.4, 0.5) is 0 Å². The second-order valence-corrected chi connectivity index (χ2v) is 6.55. The molecule has 2 aromatic heterocycles. The van der Waals surface area contributed by atoms with Gasteiger partial charge in [-0.25, -0.2) is 4.98 Å². The Balaban J connectivity index is 1.72. The van der Waals surface area contributed by atoms with Crippen LogP contribution in [0.1, 0.15) is 17.3 Å². The average Bonchev–Trinajstić information content (AvgIpc) is 3.19. The third kappa shape index (κ3) is 2.31. The normalized spacial score (nSPS) is 16.7. The average molecular weight is 349 g/mol. The second kappa shape index (κ2) is 5.28. The molecule has 0 aliphatic carbocycles. The van der Waals surface area contributed by atoms with Gasteiger partial charge in [0.05, 0.1) is 28.1 Å². The van der Waals surface area contributed by atoms with Crippen molar-refractivity contribution in [2.45, 2.75) is 18.9 Å². The van der Waals surface area contributed by atoms with Gasteiger partial charge in [0.1, 0.15) is 11.6 Å². The number of phenols is 1. The molecule has 1 N–H and O–H groups in total. The van der Waals surface area contributed by atoms with E-state index in [0.717, 1.165) is 17.1 Å². The second-order valence-electron chi connectivity index (χ2n) is 5.77. The predicted octanol–water partition coefficient (Wildman–Crippen LogP) is 3.64. The maximum Gasteiger partial charge on any atom is 0.120 e. The van der Waals surface area contributed by atoms with Crippen molar-refractivity contribution in [2.24, 2.45) is 7.05 Å². The van der Waals surface area contributed by atoms with E-state index < -0.39 is 0 Å². The van der Waals surface area contributed by atoms with Gasteiger partial charge in [0, 0.05) is 43.3 Å². The maximum atomic E-state index is 10.2. The fraction of sp³-hybridized carbons (Fsp3) is 0.250. The van der Waals surface area contributed by atoms with E-state index >= 15 is 0 Å². The first-order valence-electron chi connectivity index (χ1n) is 7.25. The van der Waals surface area contributed by atoms with E-state index in [4.69, 9.17) is 23.2 Å². The quantitative estimate of drug-likeness (QED) is 0.769. The van der Waals surface area contributed by atoms with E-state index in [1.54, 1.807) is 16.8 Å². The molecule has 1 aliphatic heterocycles. The third-order valence-corrected chi connectivity index (χ3v) is 5.11. The van der Waals surface area contributed by atoms with Crippen molar-refractivity contribution >= 4 is 23.2 Å². The van der Waals surface area contributed by atoms with Crippen molar-refractivity contribution in [2.75, 3.05) is 0 Å². The number of hydrogen-bond donors (Lipinski definition) is 1. The zero-order valence-corrected chi connectivity index (χ0v) is 13.9. The first-order chi connectivity index (χ1) is 11.0. The highest BCUT2D eigenvalue weighted by Crippen LogP contribution is 2.42. The summed E-state index contributed by atoms with van der Waals surface area (Å²) in [6, 6.07) is 3.20. The molecule has 7 heteroatoms. The van der Waals surface area contributed by atoms with Gasteiger partial charge in [-0.3, -0.25) is 4.68 Å². The molecule has 0 fully saturated rings. The summed E-state index contributed by atoms with van der Waals surface area (Å²) >= 11 is 12.4. The summed E-state index contributed by atoms with van der Waals surface area (Å²) in [6.45, 7) is 0.702. The molecule has 0 spiro atoms. The van der Waals surface area contributed by atoms with Gasteiger partial charge in [0.15, 0.2) is 0 Å². The molecule has 3 aromatic rings. The molecule has 1 aromatic carbocycles. The Morgan fingerprint density at radius 2 is 2.09 bits per heavy atom. The van der Waals surface area contributed by atoms with Crippen molar-refractivity contribution in [3.8, 4) is 17.0 Å². The van der Waals surface area contributed by atoms with E-state index in [1.807, 2.05) is 25.6 Å². The highest BCUT2D eigenvalue weighted by molar-refractivity contribution is 6.42. The number of phenolic OH excluding ortho intramolecular Hbond substituents is 1. The number of rotatable bonds is 2. The Morgan fingerprint density at radius 3 is 2.83 bits per heavy atom. The number of aryl methyl sites for hydroxylation is 1. The van der Waals surface area contributed by atoms with Crippen molar-refractivity contribution in [3.05, 3.63) is 52.2 Å². The fourth-order valence-electron chi connectivity index (χ4n) is 3.21. The number of halogens is 2. The van der Waals surface area contributed by atoms with Gasteiger partial charge in [-0.1, -0.05) is 23.2 Å². The lowest BCUT2D eigenvalue weighted by Gasteiger charge is -2.15. The third-order valence-electron chi connectivity index (χ3n) is 4.29. The molecule has 1 aliphatic rings. The van der Waals surface area contributed by atoms with Crippen molar-refractivity contribution in [3.63, 3.8) is 0 Å². The molecule has 0 saturated carbocycles. The summed E-state index contributed by atoms with van der Waals surface area (Å²) in [7, 11) is 1.89. The highest BCUT2D eigenvalue weighted by atomic mass is 35.5. The van der Waals surface area contributed by atoms with Crippen molar-refractivity contribution in [1.82, 2.24) is 19.3 Å². The van der Waals surface area contributed by atoms with Crippen LogP contribution in [0.25, 0.3) is 11.3 Å². The number of aromatic nitrogens is 4. The van der Waals surface area contributed by atoms with Gasteiger partial charge in [-0.05, 0) is 12.1 Å². The molecule has 0 radical (unpaired) electrons. The lowest BCUT2D eigenvalue weighted by Crippen LogP contribution is -2.03. The molecule has 1 atom stereocenters. The first-order valence-corrected chi connectivity index (χ1v) is 8.00. The van der Waals surface area contributed by atoms with Crippen molar-refractivity contribution < 1.29 is 5.11 Å². The summed E-state index contributed by atoms with van der Waals surface area (Å²) in [6.07, 6.45) is 6.36. The Morgan fingerprint density at radius 1 is 1.26 bits per heavy atom. The molecule has 5 nitrogen and oxygen atoms in total. The Hall–Kier alpha value is -1.98. The van der Waals surface area contributed by atoms with Gasteiger partial charge < -0.3 is 9.67 Å². The van der Waals surface area contributed by atoms with Crippen molar-refractivity contribution in [1.29, 1.82) is 0 Å². The summed E-state index contributed by atoms with van der Waals surface area (Å²) in [5, 5.41) is 15.3. The van der Waals surface area contributed by atoms with E-state index in [-0.39, 0.29) is 11.7 Å². The van der Waals surface area contributed by atoms with E-state index in [2.05, 4.69) is 14.6 Å². The minimum atomic E-state index is 0.0559. The molecule has 23 heavy (non-hydrogen) atoms. The van der Waals surface area contributed by atoms with Crippen LogP contribution in [0.2, 0.25) is 10.0 Å². The minimum Gasteiger partial charge on any atom is -0.508 e. The SMILES string of the molecule is Cn1cc(-c2cnc3n2CC(c2c(O)ccc(Cl)c2Cl)C3)cn1. The Bertz CT molecular complexity index is 900. The number of fused-ring (bicyclic) bond motifs is 1. The number of nitrogens with zero attached hydrogens (tertiary/aromatic N) is 4. The largest absolute Gasteiger partial charge is 0.508 e. The zero-order valence-electron chi connectivity index (χ0n) is 12.4. The first kappa shape index (κ1) is 14.6. The van der Waals surface area contributed by atoms with E-state index in [9.17, 15) is 5.11 Å². The van der Waals surface area contributed by atoms with Gasteiger partial charge >= 0.3 is 0 Å². The Labute approximate surface area is 143 Å². The van der Waals surface area contributed by atoms with Crippen LogP contribution in [0.5, 0.6) is 5.75 Å². The molecule has 0 bridgehead atoms. The van der Waals surface area contributed by atoms with E-state index in [0.29, 0.717) is 28.6 Å². The number of hydrogen-bond acceptors (Lipinski definition) is 3. The lowest BCUT2D eigenvalue weighted by atomic mass is 9.96. The van der Waals surface area contributed by atoms with Crippen LogP contribution < -0.4 is 0 Å². The van der Waals surface area contributed by atoms with Gasteiger partial charge in [0.2, 0.25) is 0 Å². The van der Waals surface area contributed by atoms with Crippen LogP contribution in [-0.2, 0) is 20.0 Å². The van der Waals surface area contributed by atoms with Crippen LogP contribution in [0.15, 0.2) is 30.7 Å². The summed E-state index contributed by atoms with van der Waals surface area (Å²) < 4.78 is 3.92. The monoisotopic (exact) mass is 348 g/mol. The minimum absolute atomic E-state index is 0.0559. The lowest BCUT2D eigenvalue weighted by molar-refractivity contribution is 0.459. The smallest absolute Gasteiger partial charge is 0.120 e. The molecule has 4 rings (SSSR count). The highest BCUT2D eigenvalue weighted by Gasteiger charge is 2.30. The van der Waals surface area contributed by atoms with E-state index in [1.165, 1.54) is 0 Å². The maximum absolute atomic E-state index is 10.2. The standard InChI is InChI=1S/C16H14Cl2N4O/c1-21-7-10(5-20-21)12-6-19-14-4-9(8-22(12)14)15-13(23)3-2-11(17)16(15)18/h2-3,5-7,9,23H,4,8H2,1H3. The zero-order chi connectivity index (χ0) is 16.1. The van der Waals surface area contributed by atoms with Gasteiger partial charge in [0.25, 0.3) is 0 Å². The molecule has 3 heterocycles. The Kier molecular flexibility index (Phi) is 3.36. The molecule has 118 valence electrons. The summed E-state index contributed by atoms with van der Waals surface area (Å²) in [4.78, 5) is 4.51. The van der Waals surface area contributed by atoms with Crippen LogP contribution >= 0.6 is 23.2 Å². The molecular weight excluding hydrogens is 335 g/mol. The molecular formula is C16H14Cl2N4O. The topological polar surface area (TPSA) is 55.9 Å². The molecule has 1 unspecified atom stereocenters. The fourth-order valence-corrected chi connectivity index (χ4v) is 3.69. The van der Waals surface area contributed by atoms with Crippen LogP contribution in [0, 0.1) is 0 Å². The van der Waals surface area contributed by atoms with Crippen LogP contribution in [0.3, 0.4) is 0 Å². The van der Waals surface area contributed by atoms with Gasteiger partial charge in [-0.15, -0.1) is 0 Å². The number of imidazole rings is 1. The van der Waals surface area contributed by atoms with Crippen LogP contribution in [-0.4, -0.2) is 24.4 Å². The predicted molar refractivity (Wildman–Crippen MR) is 89.0 cm³/mol. The summed E-state index contributed by atoms with van der Waals surface area (Å²) in [5.41, 5.74) is 2.74.